The van der Waals surface area contributed by atoms with Crippen molar-refractivity contribution in [2.45, 2.75) is 56.6 Å². The molecular weight excluding hydrogens is 438 g/mol. The van der Waals surface area contributed by atoms with Gasteiger partial charge >= 0.3 is 0 Å². The third-order valence-electron chi connectivity index (χ3n) is 7.83. The van der Waals surface area contributed by atoms with E-state index in [1.54, 1.807) is 12.4 Å². The summed E-state index contributed by atoms with van der Waals surface area (Å²) in [5.74, 6) is 0.343. The van der Waals surface area contributed by atoms with Crippen LogP contribution < -0.4 is 5.32 Å². The first kappa shape index (κ1) is 23.5. The fourth-order valence-electron chi connectivity index (χ4n) is 5.79. The maximum Gasteiger partial charge on any atom is 0.222 e. The summed E-state index contributed by atoms with van der Waals surface area (Å²) in [7, 11) is 0. The largest absolute Gasteiger partial charge is 0.388 e. The van der Waals surface area contributed by atoms with E-state index in [4.69, 9.17) is 0 Å². The van der Waals surface area contributed by atoms with Gasteiger partial charge in [-0.05, 0) is 66.0 Å². The number of nitrogens with one attached hydrogen (secondary N) is 1. The number of hydrogen-bond acceptors (Lipinski definition) is 4. The van der Waals surface area contributed by atoms with Gasteiger partial charge < -0.3 is 15.3 Å². The number of aliphatic hydroxyl groups is 1. The summed E-state index contributed by atoms with van der Waals surface area (Å²) in [4.78, 5) is 31.4. The molecule has 2 aliphatic heterocycles. The minimum atomic E-state index is -0.543. The first-order valence-corrected chi connectivity index (χ1v) is 12.7. The van der Waals surface area contributed by atoms with Gasteiger partial charge in [-0.25, -0.2) is 0 Å². The van der Waals surface area contributed by atoms with E-state index in [1.165, 1.54) is 16.3 Å². The molecular formula is C29H33N3O3. The van der Waals surface area contributed by atoms with Gasteiger partial charge in [-0.15, -0.1) is 0 Å². The van der Waals surface area contributed by atoms with Crippen LogP contribution in [0.25, 0.3) is 10.8 Å². The maximum atomic E-state index is 13.1. The quantitative estimate of drug-likeness (QED) is 0.542. The van der Waals surface area contributed by atoms with Gasteiger partial charge in [-0.2, -0.15) is 0 Å². The van der Waals surface area contributed by atoms with Gasteiger partial charge in [-0.3, -0.25) is 14.6 Å². The van der Waals surface area contributed by atoms with Crippen molar-refractivity contribution in [3.05, 3.63) is 78.1 Å². The second-order valence-electron chi connectivity index (χ2n) is 10.1. The number of aromatic nitrogens is 1. The number of hydrogen-bond donors (Lipinski definition) is 2. The molecule has 2 fully saturated rings. The van der Waals surface area contributed by atoms with Crippen molar-refractivity contribution in [2.75, 3.05) is 13.1 Å². The molecule has 1 aromatic heterocycles. The number of pyridine rings is 1. The Hall–Kier alpha value is -3.25. The highest BCUT2D eigenvalue weighted by molar-refractivity contribution is 5.86. The zero-order valence-electron chi connectivity index (χ0n) is 20.0. The molecule has 2 aliphatic rings. The van der Waals surface area contributed by atoms with Gasteiger partial charge in [0, 0.05) is 43.9 Å². The van der Waals surface area contributed by atoms with Crippen molar-refractivity contribution in [1.29, 1.82) is 0 Å². The number of rotatable bonds is 7. The summed E-state index contributed by atoms with van der Waals surface area (Å²) in [6.45, 7) is 1.31. The summed E-state index contributed by atoms with van der Waals surface area (Å²) >= 11 is 0. The van der Waals surface area contributed by atoms with Crippen molar-refractivity contribution in [3.63, 3.8) is 0 Å². The fraction of sp³-hybridized carbons (Fsp3) is 0.414. The lowest BCUT2D eigenvalue weighted by molar-refractivity contribution is -0.134. The average Bonchev–Trinajstić information content (AvgIpc) is 3.28. The summed E-state index contributed by atoms with van der Waals surface area (Å²) in [5.41, 5.74) is 1.67. The lowest BCUT2D eigenvalue weighted by atomic mass is 9.83. The highest BCUT2D eigenvalue weighted by Gasteiger charge is 2.39. The van der Waals surface area contributed by atoms with Crippen LogP contribution in [0, 0.1) is 5.92 Å². The number of carbonyl (C=O) groups excluding carboxylic acids is 2. The summed E-state index contributed by atoms with van der Waals surface area (Å²) in [6, 6.07) is 18.4. The Morgan fingerprint density at radius 1 is 1.11 bits per heavy atom. The van der Waals surface area contributed by atoms with Crippen LogP contribution in [-0.2, 0) is 16.0 Å². The van der Waals surface area contributed by atoms with E-state index < -0.39 is 6.10 Å². The molecule has 182 valence electrons. The van der Waals surface area contributed by atoms with Crippen molar-refractivity contribution < 1.29 is 14.7 Å². The van der Waals surface area contributed by atoms with Crippen LogP contribution in [0.15, 0.2) is 67.0 Å². The molecule has 0 bridgehead atoms. The number of benzene rings is 2. The van der Waals surface area contributed by atoms with Crippen LogP contribution in [0.5, 0.6) is 0 Å². The Morgan fingerprint density at radius 3 is 2.66 bits per heavy atom. The van der Waals surface area contributed by atoms with E-state index >= 15 is 0 Å². The highest BCUT2D eigenvalue weighted by Crippen LogP contribution is 2.34. The molecule has 0 aliphatic carbocycles. The second kappa shape index (κ2) is 10.2. The van der Waals surface area contributed by atoms with Crippen LogP contribution in [0.3, 0.4) is 0 Å². The molecule has 0 radical (unpaired) electrons. The zero-order chi connectivity index (χ0) is 24.3. The number of likely N-dealkylation sites (tertiary alicyclic amines) is 1. The minimum absolute atomic E-state index is 0.0721. The van der Waals surface area contributed by atoms with E-state index in [0.717, 1.165) is 31.2 Å². The lowest BCUT2D eigenvalue weighted by Crippen LogP contribution is -2.45. The monoisotopic (exact) mass is 471 g/mol. The molecule has 35 heavy (non-hydrogen) atoms. The summed E-state index contributed by atoms with van der Waals surface area (Å²) < 4.78 is 0. The van der Waals surface area contributed by atoms with Crippen molar-refractivity contribution in [2.24, 2.45) is 5.92 Å². The number of fused-ring (bicyclic) bond motifs is 1. The van der Waals surface area contributed by atoms with Crippen LogP contribution in [0.1, 0.15) is 55.8 Å². The van der Waals surface area contributed by atoms with Crippen molar-refractivity contribution in [3.8, 4) is 0 Å². The van der Waals surface area contributed by atoms with Gasteiger partial charge in [-0.1, -0.05) is 48.5 Å². The van der Waals surface area contributed by atoms with E-state index in [1.807, 2.05) is 29.2 Å². The van der Waals surface area contributed by atoms with E-state index in [2.05, 4.69) is 40.6 Å². The zero-order valence-corrected chi connectivity index (χ0v) is 20.0. The minimum Gasteiger partial charge on any atom is -0.388 e. The summed E-state index contributed by atoms with van der Waals surface area (Å²) in [6.07, 6.45) is 7.48. The Labute approximate surface area is 206 Å². The van der Waals surface area contributed by atoms with Crippen molar-refractivity contribution in [1.82, 2.24) is 15.2 Å². The Morgan fingerprint density at radius 2 is 1.91 bits per heavy atom. The Bertz CT molecular complexity index is 1180. The van der Waals surface area contributed by atoms with E-state index in [-0.39, 0.29) is 23.3 Å². The van der Waals surface area contributed by atoms with Gasteiger partial charge in [0.15, 0.2) is 0 Å². The van der Waals surface area contributed by atoms with Gasteiger partial charge in [0.25, 0.3) is 0 Å². The van der Waals surface area contributed by atoms with Gasteiger partial charge in [0.1, 0.15) is 0 Å². The van der Waals surface area contributed by atoms with Crippen molar-refractivity contribution >= 4 is 22.6 Å². The SMILES string of the molecule is O=C1CC[C@@](CCC(=O)N2CCC([C@H](O)c3cccnc3)CC2)(Cc2cccc3ccccc23)N1. The highest BCUT2D eigenvalue weighted by atomic mass is 16.3. The smallest absolute Gasteiger partial charge is 0.222 e. The fourth-order valence-corrected chi connectivity index (χ4v) is 5.79. The second-order valence-corrected chi connectivity index (χ2v) is 10.1. The van der Waals surface area contributed by atoms with E-state index in [9.17, 15) is 14.7 Å². The third-order valence-corrected chi connectivity index (χ3v) is 7.83. The standard InChI is InChI=1S/C29H33N3O3/c33-26-10-14-29(31-26,19-23-7-3-6-21-5-1-2-9-25(21)23)15-11-27(34)32-17-12-22(13-18-32)28(35)24-8-4-16-30-20-24/h1-9,16,20,22,28,35H,10-15,17-19H2,(H,31,33)/t28-,29+/m0/s1. The molecule has 6 heteroatoms. The average molecular weight is 472 g/mol. The van der Waals surface area contributed by atoms with Gasteiger partial charge in [0.05, 0.1) is 6.10 Å². The first-order chi connectivity index (χ1) is 17.0. The number of nitrogens with zero attached hydrogens (tertiary/aromatic N) is 2. The van der Waals surface area contributed by atoms with Crippen LogP contribution in [-0.4, -0.2) is 45.4 Å². The molecule has 2 saturated heterocycles. The molecule has 2 amide bonds. The van der Waals surface area contributed by atoms with Crippen LogP contribution in [0.2, 0.25) is 0 Å². The molecule has 0 saturated carbocycles. The molecule has 0 spiro atoms. The molecule has 0 unspecified atom stereocenters. The lowest BCUT2D eigenvalue weighted by Gasteiger charge is -2.35. The number of carbonyl (C=O) groups is 2. The molecule has 2 atom stereocenters. The normalized spacial score (nSPS) is 21.7. The number of piperidine rings is 1. The number of aliphatic hydroxyl groups excluding tert-OH is 1. The Balaban J connectivity index is 1.21. The van der Waals surface area contributed by atoms with E-state index in [0.29, 0.717) is 32.4 Å². The predicted molar refractivity (Wildman–Crippen MR) is 135 cm³/mol. The Kier molecular flexibility index (Phi) is 6.82. The molecule has 5 rings (SSSR count). The number of amides is 2. The first-order valence-electron chi connectivity index (χ1n) is 12.7. The molecule has 3 aromatic rings. The van der Waals surface area contributed by atoms with Crippen LogP contribution >= 0.6 is 0 Å². The van der Waals surface area contributed by atoms with Crippen LogP contribution in [0.4, 0.5) is 0 Å². The maximum absolute atomic E-state index is 13.1. The van der Waals surface area contributed by atoms with Gasteiger partial charge in [0.2, 0.25) is 11.8 Å². The molecule has 2 N–H and O–H groups in total. The predicted octanol–water partition coefficient (Wildman–Crippen LogP) is 4.18. The molecule has 2 aromatic carbocycles. The topological polar surface area (TPSA) is 82.5 Å². The molecule has 6 nitrogen and oxygen atoms in total. The molecule has 3 heterocycles. The summed E-state index contributed by atoms with van der Waals surface area (Å²) in [5, 5.41) is 16.3. The third kappa shape index (κ3) is 5.22.